The molecule has 0 aliphatic carbocycles. The number of anilines is 1. The van der Waals surface area contributed by atoms with E-state index in [1.165, 1.54) is 11.0 Å². The van der Waals surface area contributed by atoms with Crippen molar-refractivity contribution >= 4 is 17.6 Å². The number of hydrogen-bond acceptors (Lipinski definition) is 3. The molecule has 0 bridgehead atoms. The van der Waals surface area contributed by atoms with E-state index in [1.54, 1.807) is 53.7 Å². The SMILES string of the molecule is Cc1ccc(N(Cc2ccc(C(=O)NO)cc2)C(=O)N2CCCCC2)c(F)c1. The minimum absolute atomic E-state index is 0.177. The van der Waals surface area contributed by atoms with Crippen LogP contribution in [0.15, 0.2) is 42.5 Å². The first kappa shape index (κ1) is 19.8. The number of hydroxylamine groups is 1. The molecule has 1 heterocycles. The number of rotatable bonds is 4. The molecule has 28 heavy (non-hydrogen) atoms. The maximum Gasteiger partial charge on any atom is 0.324 e. The van der Waals surface area contributed by atoms with Crippen LogP contribution in [-0.2, 0) is 6.54 Å². The molecule has 7 heteroatoms. The van der Waals surface area contributed by atoms with E-state index in [-0.39, 0.29) is 18.3 Å². The predicted octanol–water partition coefficient (Wildman–Crippen LogP) is 3.87. The average Bonchev–Trinajstić information content (AvgIpc) is 2.72. The summed E-state index contributed by atoms with van der Waals surface area (Å²) in [6.07, 6.45) is 2.99. The van der Waals surface area contributed by atoms with Gasteiger partial charge in [0.25, 0.3) is 5.91 Å². The molecule has 3 rings (SSSR count). The van der Waals surface area contributed by atoms with E-state index in [2.05, 4.69) is 0 Å². The van der Waals surface area contributed by atoms with Crippen LogP contribution in [0.2, 0.25) is 0 Å². The maximum absolute atomic E-state index is 14.7. The van der Waals surface area contributed by atoms with Crippen molar-refractivity contribution in [3.63, 3.8) is 0 Å². The molecule has 2 N–H and O–H groups in total. The van der Waals surface area contributed by atoms with E-state index in [1.807, 2.05) is 0 Å². The number of nitrogens with zero attached hydrogens (tertiary/aromatic N) is 2. The summed E-state index contributed by atoms with van der Waals surface area (Å²) in [5.74, 6) is -1.06. The zero-order valence-corrected chi connectivity index (χ0v) is 15.8. The van der Waals surface area contributed by atoms with Crippen LogP contribution in [0.3, 0.4) is 0 Å². The molecule has 1 aliphatic rings. The smallest absolute Gasteiger partial charge is 0.324 e. The van der Waals surface area contributed by atoms with Gasteiger partial charge in [0, 0.05) is 18.7 Å². The highest BCUT2D eigenvalue weighted by Crippen LogP contribution is 2.25. The fourth-order valence-electron chi connectivity index (χ4n) is 3.35. The lowest BCUT2D eigenvalue weighted by Crippen LogP contribution is -2.45. The number of aryl methyl sites for hydroxylation is 1. The number of amides is 3. The van der Waals surface area contributed by atoms with E-state index >= 15 is 0 Å². The Morgan fingerprint density at radius 3 is 2.39 bits per heavy atom. The van der Waals surface area contributed by atoms with Crippen LogP contribution in [-0.4, -0.2) is 35.1 Å². The minimum Gasteiger partial charge on any atom is -0.324 e. The molecule has 6 nitrogen and oxygen atoms in total. The van der Waals surface area contributed by atoms with E-state index in [4.69, 9.17) is 5.21 Å². The molecule has 0 saturated carbocycles. The highest BCUT2D eigenvalue weighted by Gasteiger charge is 2.26. The Hall–Kier alpha value is -2.93. The molecule has 0 unspecified atom stereocenters. The lowest BCUT2D eigenvalue weighted by Gasteiger charge is -2.33. The third-order valence-electron chi connectivity index (χ3n) is 4.91. The minimum atomic E-state index is -0.614. The number of carbonyl (C=O) groups excluding carboxylic acids is 2. The van der Waals surface area contributed by atoms with Gasteiger partial charge in [0.15, 0.2) is 0 Å². The second-order valence-electron chi connectivity index (χ2n) is 7.01. The number of nitrogens with one attached hydrogen (secondary N) is 1. The number of benzene rings is 2. The lowest BCUT2D eigenvalue weighted by molar-refractivity contribution is 0.0706. The molecular formula is C21H24FN3O3. The Morgan fingerprint density at radius 2 is 1.79 bits per heavy atom. The average molecular weight is 385 g/mol. The van der Waals surface area contributed by atoms with Gasteiger partial charge in [-0.25, -0.2) is 14.7 Å². The van der Waals surface area contributed by atoms with Crippen LogP contribution in [0.25, 0.3) is 0 Å². The fraction of sp³-hybridized carbons (Fsp3) is 0.333. The van der Waals surface area contributed by atoms with Crippen molar-refractivity contribution < 1.29 is 19.2 Å². The van der Waals surface area contributed by atoms with Crippen molar-refractivity contribution in [1.82, 2.24) is 10.4 Å². The maximum atomic E-state index is 14.7. The van der Waals surface area contributed by atoms with E-state index in [9.17, 15) is 14.0 Å². The summed E-state index contributed by atoms with van der Waals surface area (Å²) in [6, 6.07) is 11.1. The van der Waals surface area contributed by atoms with Crippen LogP contribution < -0.4 is 10.4 Å². The van der Waals surface area contributed by atoms with Gasteiger partial charge in [-0.2, -0.15) is 0 Å². The fourth-order valence-corrected chi connectivity index (χ4v) is 3.35. The van der Waals surface area contributed by atoms with Crippen molar-refractivity contribution in [2.45, 2.75) is 32.7 Å². The van der Waals surface area contributed by atoms with Crippen LogP contribution in [0.1, 0.15) is 40.7 Å². The molecule has 0 radical (unpaired) electrons. The quantitative estimate of drug-likeness (QED) is 0.620. The van der Waals surface area contributed by atoms with Crippen molar-refractivity contribution in [3.05, 3.63) is 65.0 Å². The van der Waals surface area contributed by atoms with Gasteiger partial charge in [-0.15, -0.1) is 0 Å². The molecule has 1 saturated heterocycles. The van der Waals surface area contributed by atoms with Gasteiger partial charge >= 0.3 is 6.03 Å². The number of urea groups is 1. The Morgan fingerprint density at radius 1 is 1.11 bits per heavy atom. The second-order valence-corrected chi connectivity index (χ2v) is 7.01. The first-order chi connectivity index (χ1) is 13.5. The summed E-state index contributed by atoms with van der Waals surface area (Å²) >= 11 is 0. The van der Waals surface area contributed by atoms with Gasteiger partial charge in [0.1, 0.15) is 5.82 Å². The van der Waals surface area contributed by atoms with Crippen molar-refractivity contribution in [1.29, 1.82) is 0 Å². The summed E-state index contributed by atoms with van der Waals surface area (Å²) in [5.41, 5.74) is 3.64. The molecule has 0 spiro atoms. The zero-order chi connectivity index (χ0) is 20.1. The number of hydrogen-bond donors (Lipinski definition) is 2. The highest BCUT2D eigenvalue weighted by molar-refractivity contribution is 5.94. The topological polar surface area (TPSA) is 72.9 Å². The first-order valence-electron chi connectivity index (χ1n) is 9.35. The van der Waals surface area contributed by atoms with Crippen LogP contribution >= 0.6 is 0 Å². The van der Waals surface area contributed by atoms with Gasteiger partial charge in [-0.3, -0.25) is 14.9 Å². The standard InChI is InChI=1S/C21H24FN3O3/c1-15-5-10-19(18(22)13-15)25(21(27)24-11-3-2-4-12-24)14-16-6-8-17(9-7-16)20(26)23-28/h5-10,13,28H,2-4,11-12,14H2,1H3,(H,23,26). The molecular weight excluding hydrogens is 361 g/mol. The monoisotopic (exact) mass is 385 g/mol. The van der Waals surface area contributed by atoms with Crippen molar-refractivity contribution in [3.8, 4) is 0 Å². The third kappa shape index (κ3) is 4.48. The summed E-state index contributed by atoms with van der Waals surface area (Å²) < 4.78 is 14.7. The molecule has 0 aromatic heterocycles. The van der Waals surface area contributed by atoms with Crippen molar-refractivity contribution in [2.75, 3.05) is 18.0 Å². The number of likely N-dealkylation sites (tertiary alicyclic amines) is 1. The van der Waals surface area contributed by atoms with E-state index < -0.39 is 11.7 Å². The highest BCUT2D eigenvalue weighted by atomic mass is 19.1. The first-order valence-corrected chi connectivity index (χ1v) is 9.35. The Labute approximate surface area is 163 Å². The third-order valence-corrected chi connectivity index (χ3v) is 4.91. The summed E-state index contributed by atoms with van der Waals surface area (Å²) in [4.78, 5) is 27.8. The Bertz CT molecular complexity index is 848. The molecule has 2 aromatic rings. The number of piperidine rings is 1. The zero-order valence-electron chi connectivity index (χ0n) is 15.8. The molecule has 1 fully saturated rings. The van der Waals surface area contributed by atoms with Gasteiger partial charge < -0.3 is 4.90 Å². The van der Waals surface area contributed by atoms with Crippen molar-refractivity contribution in [2.24, 2.45) is 0 Å². The summed E-state index contributed by atoms with van der Waals surface area (Å²) in [7, 11) is 0. The summed E-state index contributed by atoms with van der Waals surface area (Å²) in [6.45, 7) is 3.31. The van der Waals surface area contributed by atoms with Crippen LogP contribution in [0.5, 0.6) is 0 Å². The van der Waals surface area contributed by atoms with Crippen LogP contribution in [0, 0.1) is 12.7 Å². The predicted molar refractivity (Wildman–Crippen MR) is 104 cm³/mol. The molecule has 3 amide bonds. The Kier molecular flexibility index (Phi) is 6.26. The van der Waals surface area contributed by atoms with Gasteiger partial charge in [-0.1, -0.05) is 18.2 Å². The molecule has 148 valence electrons. The lowest BCUT2D eigenvalue weighted by atomic mass is 10.1. The normalized spacial score (nSPS) is 13.9. The molecule has 0 atom stereocenters. The number of carbonyl (C=O) groups is 2. The molecule has 1 aliphatic heterocycles. The second kappa shape index (κ2) is 8.84. The van der Waals surface area contributed by atoms with E-state index in [0.29, 0.717) is 18.7 Å². The van der Waals surface area contributed by atoms with E-state index in [0.717, 1.165) is 30.4 Å². The van der Waals surface area contributed by atoms with Crippen LogP contribution in [0.4, 0.5) is 14.9 Å². The number of halogens is 1. The largest absolute Gasteiger partial charge is 0.324 e. The summed E-state index contributed by atoms with van der Waals surface area (Å²) in [5, 5.41) is 8.72. The van der Waals surface area contributed by atoms with Gasteiger partial charge in [-0.05, 0) is 61.6 Å². The van der Waals surface area contributed by atoms with Gasteiger partial charge in [0.2, 0.25) is 0 Å². The Balaban J connectivity index is 1.89. The van der Waals surface area contributed by atoms with Gasteiger partial charge in [0.05, 0.1) is 12.2 Å². The molecule has 2 aromatic carbocycles.